The van der Waals surface area contributed by atoms with E-state index in [1.54, 1.807) is 19.6 Å². The average Bonchev–Trinajstić information content (AvgIpc) is 3.62. The number of oxazole rings is 1. The quantitative estimate of drug-likeness (QED) is 0.233. The number of nitrogens with zero attached hydrogens (tertiary/aromatic N) is 4. The maximum absolute atomic E-state index is 14.5. The van der Waals surface area contributed by atoms with Crippen molar-refractivity contribution in [1.82, 2.24) is 14.9 Å². The second kappa shape index (κ2) is 14.4. The van der Waals surface area contributed by atoms with Crippen LogP contribution in [0, 0.1) is 24.7 Å². The Balaban J connectivity index is 1.16. The van der Waals surface area contributed by atoms with Crippen molar-refractivity contribution in [2.24, 2.45) is 17.8 Å². The third kappa shape index (κ3) is 7.57. The topological polar surface area (TPSA) is 98.0 Å². The van der Waals surface area contributed by atoms with Gasteiger partial charge in [0.05, 0.1) is 7.11 Å². The zero-order valence-electron chi connectivity index (χ0n) is 31.3. The van der Waals surface area contributed by atoms with Crippen molar-refractivity contribution >= 4 is 17.8 Å². The lowest BCUT2D eigenvalue weighted by molar-refractivity contribution is -0.124. The van der Waals surface area contributed by atoms with E-state index in [9.17, 15) is 9.59 Å². The van der Waals surface area contributed by atoms with Gasteiger partial charge in [-0.05, 0) is 119 Å². The number of carbonyl (C=O) groups is 2. The van der Waals surface area contributed by atoms with Crippen LogP contribution in [0.15, 0.2) is 47.2 Å². The second-order valence-electron chi connectivity index (χ2n) is 16.6. The number of amides is 2. The molecule has 9 heteroatoms. The second-order valence-corrected chi connectivity index (χ2v) is 16.6. The van der Waals surface area contributed by atoms with E-state index in [1.807, 2.05) is 21.9 Å². The molecule has 1 aromatic carbocycles. The predicted octanol–water partition coefficient (Wildman–Crippen LogP) is 9.08. The monoisotopic (exact) mass is 684 g/mol. The summed E-state index contributed by atoms with van der Waals surface area (Å²) >= 11 is 0. The molecule has 3 aromatic rings. The molecule has 270 valence electrons. The van der Waals surface area contributed by atoms with Crippen molar-refractivity contribution in [2.75, 3.05) is 25.1 Å². The molecule has 9 nitrogen and oxygen atoms in total. The Labute approximate surface area is 298 Å². The van der Waals surface area contributed by atoms with Crippen LogP contribution < -0.4 is 9.64 Å². The summed E-state index contributed by atoms with van der Waals surface area (Å²) in [6, 6.07) is 10.5. The molecule has 1 aliphatic heterocycles. The third-order valence-corrected chi connectivity index (χ3v) is 11.8. The van der Waals surface area contributed by atoms with Crippen LogP contribution in [0.2, 0.25) is 0 Å². The highest BCUT2D eigenvalue weighted by Crippen LogP contribution is 2.40. The molecule has 2 aromatic heterocycles. The van der Waals surface area contributed by atoms with Crippen molar-refractivity contribution in [3.05, 3.63) is 59.8 Å². The van der Waals surface area contributed by atoms with Gasteiger partial charge in [0.2, 0.25) is 5.91 Å². The first-order valence-corrected chi connectivity index (χ1v) is 18.6. The molecule has 50 heavy (non-hydrogen) atoms. The van der Waals surface area contributed by atoms with Gasteiger partial charge in [-0.15, -0.1) is 0 Å². The van der Waals surface area contributed by atoms with E-state index < -0.39 is 0 Å². The molecule has 0 N–H and O–H groups in total. The van der Waals surface area contributed by atoms with E-state index in [4.69, 9.17) is 23.9 Å². The Kier molecular flexibility index (Phi) is 10.3. The highest BCUT2D eigenvalue weighted by molar-refractivity contribution is 5.94. The predicted molar refractivity (Wildman–Crippen MR) is 195 cm³/mol. The molecule has 0 radical (unpaired) electrons. The van der Waals surface area contributed by atoms with Gasteiger partial charge < -0.3 is 18.8 Å². The van der Waals surface area contributed by atoms with Crippen LogP contribution in [0.5, 0.6) is 5.75 Å². The zero-order chi connectivity index (χ0) is 35.8. The van der Waals surface area contributed by atoms with Gasteiger partial charge in [0.25, 0.3) is 0 Å². The van der Waals surface area contributed by atoms with Gasteiger partial charge in [0.15, 0.2) is 5.89 Å². The summed E-state index contributed by atoms with van der Waals surface area (Å²) < 4.78 is 17.3. The molecule has 1 atom stereocenters. The van der Waals surface area contributed by atoms with E-state index in [0.717, 1.165) is 49.2 Å². The number of anilines is 1. The number of pyridine rings is 1. The van der Waals surface area contributed by atoms with Crippen molar-refractivity contribution in [3.8, 4) is 17.0 Å². The largest absolute Gasteiger partial charge is 0.496 e. The van der Waals surface area contributed by atoms with Gasteiger partial charge in [0, 0.05) is 41.7 Å². The smallest absolute Gasteiger partial charge is 0.410 e. The SMILES string of the molecule is COc1ccc(C2CCC(CN(C(=O)C3CCC(OC(=O)N4CC(C)C4(C)C)CC3)c3cc(-c4coc(C(C)(C)C)n4)ccn3)CC2)cc1C. The molecule has 2 amide bonds. The Hall–Kier alpha value is -3.88. The van der Waals surface area contributed by atoms with Crippen molar-refractivity contribution in [3.63, 3.8) is 0 Å². The standard InChI is InChI=1S/C41H56N4O5/c1-26-21-31(15-18-35(26)48-8)29-11-9-28(10-12-29)24-44(36-22-32(19-20-42-36)34-25-49-38(43-34)40(3,4)5)37(46)30-13-16-33(17-14-30)50-39(47)45-23-27(2)41(45,6)7/h15,18-22,25,27-30,33H,9-14,16-17,23-24H2,1-8H3. The number of carbonyl (C=O) groups excluding carboxylic acids is 2. The highest BCUT2D eigenvalue weighted by Gasteiger charge is 2.47. The van der Waals surface area contributed by atoms with Gasteiger partial charge in [0.1, 0.15) is 29.6 Å². The summed E-state index contributed by atoms with van der Waals surface area (Å²) in [6.45, 7) is 16.0. The van der Waals surface area contributed by atoms with Crippen LogP contribution in [-0.2, 0) is 14.9 Å². The van der Waals surface area contributed by atoms with Gasteiger partial charge in [-0.25, -0.2) is 14.8 Å². The molecular formula is C41H56N4O5. The number of rotatable bonds is 8. The van der Waals surface area contributed by atoms with Crippen molar-refractivity contribution in [2.45, 2.75) is 123 Å². The minimum Gasteiger partial charge on any atom is -0.496 e. The molecule has 3 aliphatic rings. The van der Waals surface area contributed by atoms with Gasteiger partial charge in [-0.2, -0.15) is 0 Å². The Morgan fingerprint density at radius 3 is 2.34 bits per heavy atom. The fraction of sp³-hybridized carbons (Fsp3) is 0.610. The minimum absolute atomic E-state index is 0.112. The number of hydrogen-bond acceptors (Lipinski definition) is 7. The van der Waals surface area contributed by atoms with Gasteiger partial charge in [-0.1, -0.05) is 39.8 Å². The van der Waals surface area contributed by atoms with Crippen molar-refractivity contribution in [1.29, 1.82) is 0 Å². The maximum Gasteiger partial charge on any atom is 0.410 e. The highest BCUT2D eigenvalue weighted by atomic mass is 16.6. The summed E-state index contributed by atoms with van der Waals surface area (Å²) in [5, 5.41) is 0. The van der Waals surface area contributed by atoms with E-state index >= 15 is 0 Å². The van der Waals surface area contributed by atoms with Crippen LogP contribution in [0.4, 0.5) is 10.6 Å². The molecule has 2 aliphatic carbocycles. The number of ether oxygens (including phenoxy) is 2. The Morgan fingerprint density at radius 2 is 1.74 bits per heavy atom. The fourth-order valence-corrected chi connectivity index (χ4v) is 7.91. The van der Waals surface area contributed by atoms with Crippen molar-refractivity contribution < 1.29 is 23.5 Å². The van der Waals surface area contributed by atoms with Gasteiger partial charge in [-0.3, -0.25) is 9.69 Å². The van der Waals surface area contributed by atoms with Crippen LogP contribution in [0.1, 0.15) is 116 Å². The van der Waals surface area contributed by atoms with Crippen LogP contribution >= 0.6 is 0 Å². The maximum atomic E-state index is 14.5. The lowest BCUT2D eigenvalue weighted by Gasteiger charge is -2.53. The summed E-state index contributed by atoms with van der Waals surface area (Å²) in [5.41, 5.74) is 3.76. The lowest BCUT2D eigenvalue weighted by atomic mass is 9.78. The van der Waals surface area contributed by atoms with Crippen LogP contribution in [-0.4, -0.2) is 58.7 Å². The molecule has 2 saturated carbocycles. The number of hydrogen-bond donors (Lipinski definition) is 0. The average molecular weight is 685 g/mol. The molecule has 0 spiro atoms. The zero-order valence-corrected chi connectivity index (χ0v) is 31.3. The summed E-state index contributed by atoms with van der Waals surface area (Å²) in [4.78, 5) is 40.7. The molecule has 0 bridgehead atoms. The number of methoxy groups -OCH3 is 1. The first-order valence-electron chi connectivity index (χ1n) is 18.6. The Morgan fingerprint density at radius 1 is 1.02 bits per heavy atom. The first-order chi connectivity index (χ1) is 23.7. The van der Waals surface area contributed by atoms with E-state index in [-0.39, 0.29) is 35.0 Å². The number of aryl methyl sites for hydroxylation is 1. The normalized spacial score (nSPS) is 25.0. The molecule has 6 rings (SSSR count). The van der Waals surface area contributed by atoms with Gasteiger partial charge >= 0.3 is 6.09 Å². The van der Waals surface area contributed by atoms with E-state index in [1.165, 1.54) is 11.1 Å². The summed E-state index contributed by atoms with van der Waals surface area (Å²) in [5.74, 6) is 3.56. The lowest BCUT2D eigenvalue weighted by Crippen LogP contribution is -2.65. The molecule has 3 fully saturated rings. The first kappa shape index (κ1) is 35.9. The number of likely N-dealkylation sites (tertiary alicyclic amines) is 1. The third-order valence-electron chi connectivity index (χ3n) is 11.8. The molecular weight excluding hydrogens is 628 g/mol. The number of aromatic nitrogens is 2. The molecule has 1 saturated heterocycles. The van der Waals surface area contributed by atoms with Crippen LogP contribution in [0.25, 0.3) is 11.3 Å². The van der Waals surface area contributed by atoms with E-state index in [2.05, 4.69) is 66.7 Å². The molecule has 3 heterocycles. The van der Waals surface area contributed by atoms with Crippen LogP contribution in [0.3, 0.4) is 0 Å². The number of benzene rings is 1. The minimum atomic E-state index is -0.228. The van der Waals surface area contributed by atoms with E-state index in [0.29, 0.717) is 61.7 Å². The fourth-order valence-electron chi connectivity index (χ4n) is 7.91. The summed E-state index contributed by atoms with van der Waals surface area (Å²) in [7, 11) is 1.72. The molecule has 1 unspecified atom stereocenters. The summed E-state index contributed by atoms with van der Waals surface area (Å²) in [6.07, 6.45) is 10.1. The Bertz CT molecular complexity index is 1660.